The van der Waals surface area contributed by atoms with Gasteiger partial charge in [-0.25, -0.2) is 0 Å². The van der Waals surface area contributed by atoms with Gasteiger partial charge in [0.25, 0.3) is 0 Å². The summed E-state index contributed by atoms with van der Waals surface area (Å²) in [5, 5.41) is 0. The summed E-state index contributed by atoms with van der Waals surface area (Å²) in [6.45, 7) is 12.3. The number of esters is 2. The molecule has 2 aliphatic rings. The second kappa shape index (κ2) is 9.20. The highest BCUT2D eigenvalue weighted by atomic mass is 16.5. The van der Waals surface area contributed by atoms with E-state index in [0.717, 1.165) is 5.57 Å². The van der Waals surface area contributed by atoms with Gasteiger partial charge in [-0.3, -0.25) is 19.2 Å². The molecule has 0 aromatic heterocycles. The van der Waals surface area contributed by atoms with Crippen LogP contribution in [0.15, 0.2) is 42.5 Å². The van der Waals surface area contributed by atoms with Gasteiger partial charge in [0.05, 0.1) is 12.7 Å². The average Bonchev–Trinajstić information content (AvgIpc) is 3.09. The van der Waals surface area contributed by atoms with E-state index in [-0.39, 0.29) is 17.1 Å². The van der Waals surface area contributed by atoms with Crippen LogP contribution in [0.3, 0.4) is 0 Å². The second-order valence-corrected chi connectivity index (χ2v) is 9.62. The Morgan fingerprint density at radius 1 is 1.24 bits per heavy atom. The van der Waals surface area contributed by atoms with E-state index < -0.39 is 46.5 Å². The Hall–Kier alpha value is -3.22. The van der Waals surface area contributed by atoms with Crippen LogP contribution >= 0.6 is 0 Å². The van der Waals surface area contributed by atoms with Crippen LogP contribution in [0, 0.1) is 22.7 Å². The maximum Gasteiger partial charge on any atom is 0.326 e. The van der Waals surface area contributed by atoms with Gasteiger partial charge in [-0.1, -0.05) is 25.5 Å². The molecule has 1 aliphatic carbocycles. The van der Waals surface area contributed by atoms with Gasteiger partial charge < -0.3 is 14.2 Å². The standard InChI is InChI=1S/C27H32O7/c1-8-26(6)12-11-20(16(4)23(29)22(13-15(2)3)33-17(5)28)27(26)24(30)19-10-9-18(32-7)14-21(19)34-25(27)31/h8-10,13-14,16,20,22H,1,11-12H2,2-7H3/t16?,20-,22?,26-,27+/m1/s1. The molecular formula is C27H32O7. The van der Waals surface area contributed by atoms with E-state index in [9.17, 15) is 19.2 Å². The number of fused-ring (bicyclic) bond motifs is 1. The first-order valence-electron chi connectivity index (χ1n) is 11.4. The maximum absolute atomic E-state index is 14.1. The molecule has 7 heteroatoms. The van der Waals surface area contributed by atoms with Crippen molar-refractivity contribution in [3.8, 4) is 11.5 Å². The van der Waals surface area contributed by atoms with Gasteiger partial charge in [-0.2, -0.15) is 0 Å². The van der Waals surface area contributed by atoms with E-state index in [2.05, 4.69) is 6.58 Å². The third-order valence-corrected chi connectivity index (χ3v) is 7.31. The number of ketones is 2. The molecule has 1 spiro atoms. The summed E-state index contributed by atoms with van der Waals surface area (Å²) in [5.74, 6) is -2.88. The summed E-state index contributed by atoms with van der Waals surface area (Å²) in [7, 11) is 1.48. The second-order valence-electron chi connectivity index (χ2n) is 9.62. The molecular weight excluding hydrogens is 436 g/mol. The summed E-state index contributed by atoms with van der Waals surface area (Å²) in [6.07, 6.45) is 3.01. The molecule has 2 unspecified atom stereocenters. The van der Waals surface area contributed by atoms with Gasteiger partial charge in [-0.15, -0.1) is 6.58 Å². The molecule has 1 fully saturated rings. The quantitative estimate of drug-likeness (QED) is 0.252. The molecule has 1 aromatic carbocycles. The molecule has 0 N–H and O–H groups in total. The third-order valence-electron chi connectivity index (χ3n) is 7.31. The Morgan fingerprint density at radius 2 is 1.91 bits per heavy atom. The average molecular weight is 469 g/mol. The van der Waals surface area contributed by atoms with Gasteiger partial charge in [0, 0.05) is 24.3 Å². The van der Waals surface area contributed by atoms with Crippen LogP contribution in [0.25, 0.3) is 0 Å². The zero-order valence-electron chi connectivity index (χ0n) is 20.6. The van der Waals surface area contributed by atoms with Crippen LogP contribution in [-0.2, 0) is 19.1 Å². The molecule has 7 nitrogen and oxygen atoms in total. The fraction of sp³-hybridized carbons (Fsp3) is 0.481. The normalized spacial score (nSPS) is 27.3. The minimum Gasteiger partial charge on any atom is -0.497 e. The molecule has 1 aliphatic heterocycles. The Balaban J connectivity index is 2.13. The minimum absolute atomic E-state index is 0.137. The van der Waals surface area contributed by atoms with E-state index in [1.54, 1.807) is 45.1 Å². The maximum atomic E-state index is 14.1. The number of hydrogen-bond donors (Lipinski definition) is 0. The lowest BCUT2D eigenvalue weighted by atomic mass is 9.56. The highest BCUT2D eigenvalue weighted by Gasteiger charge is 2.70. The lowest BCUT2D eigenvalue weighted by molar-refractivity contribution is -0.156. The molecule has 182 valence electrons. The van der Waals surface area contributed by atoms with Crippen molar-refractivity contribution < 1.29 is 33.4 Å². The largest absolute Gasteiger partial charge is 0.497 e. The number of benzene rings is 1. The van der Waals surface area contributed by atoms with Crippen LogP contribution in [0.5, 0.6) is 11.5 Å². The smallest absolute Gasteiger partial charge is 0.326 e. The Kier molecular flexibility index (Phi) is 6.87. The Morgan fingerprint density at radius 3 is 2.47 bits per heavy atom. The van der Waals surface area contributed by atoms with Gasteiger partial charge in [0.15, 0.2) is 17.7 Å². The number of carbonyl (C=O) groups is 4. The van der Waals surface area contributed by atoms with Gasteiger partial charge in [-0.05, 0) is 50.8 Å². The number of allylic oxidation sites excluding steroid dienone is 2. The monoisotopic (exact) mass is 468 g/mol. The number of rotatable bonds is 7. The number of ether oxygens (including phenoxy) is 3. The van der Waals surface area contributed by atoms with Crippen molar-refractivity contribution in [2.24, 2.45) is 22.7 Å². The van der Waals surface area contributed by atoms with E-state index in [4.69, 9.17) is 14.2 Å². The van der Waals surface area contributed by atoms with Crippen molar-refractivity contribution in [1.29, 1.82) is 0 Å². The first kappa shape index (κ1) is 25.4. The molecule has 3 rings (SSSR count). The van der Waals surface area contributed by atoms with Crippen molar-refractivity contribution in [2.75, 3.05) is 7.11 Å². The third kappa shape index (κ3) is 3.87. The van der Waals surface area contributed by atoms with E-state index in [1.807, 2.05) is 6.92 Å². The van der Waals surface area contributed by atoms with Crippen LogP contribution in [0.4, 0.5) is 0 Å². The van der Waals surface area contributed by atoms with Crippen LogP contribution in [0.1, 0.15) is 57.8 Å². The van der Waals surface area contributed by atoms with E-state index >= 15 is 0 Å². The summed E-state index contributed by atoms with van der Waals surface area (Å²) in [4.78, 5) is 53.0. The van der Waals surface area contributed by atoms with E-state index in [0.29, 0.717) is 18.6 Å². The van der Waals surface area contributed by atoms with Gasteiger partial charge in [0.1, 0.15) is 16.9 Å². The van der Waals surface area contributed by atoms with Gasteiger partial charge >= 0.3 is 11.9 Å². The van der Waals surface area contributed by atoms with Crippen molar-refractivity contribution in [3.05, 3.63) is 48.1 Å². The Bertz CT molecular complexity index is 1080. The fourth-order valence-corrected chi connectivity index (χ4v) is 5.49. The zero-order valence-corrected chi connectivity index (χ0v) is 20.6. The van der Waals surface area contributed by atoms with Crippen molar-refractivity contribution >= 4 is 23.5 Å². The molecule has 1 heterocycles. The van der Waals surface area contributed by atoms with E-state index in [1.165, 1.54) is 20.1 Å². The predicted octanol–water partition coefficient (Wildman–Crippen LogP) is 4.49. The van der Waals surface area contributed by atoms with Crippen LogP contribution in [-0.4, -0.2) is 36.7 Å². The van der Waals surface area contributed by atoms with Crippen molar-refractivity contribution in [2.45, 2.75) is 53.6 Å². The molecule has 34 heavy (non-hydrogen) atoms. The summed E-state index contributed by atoms with van der Waals surface area (Å²) >= 11 is 0. The van der Waals surface area contributed by atoms with Gasteiger partial charge in [0.2, 0.25) is 0 Å². The first-order chi connectivity index (χ1) is 15.9. The SMILES string of the molecule is C=C[C@]1(C)CC[C@H](C(C)C(=O)C(C=C(C)C)OC(C)=O)[C@]12C(=O)Oc1cc(OC)ccc1C2=O. The highest BCUT2D eigenvalue weighted by Crippen LogP contribution is 2.63. The highest BCUT2D eigenvalue weighted by molar-refractivity contribution is 6.18. The van der Waals surface area contributed by atoms with Crippen LogP contribution < -0.4 is 9.47 Å². The first-order valence-corrected chi connectivity index (χ1v) is 11.4. The lowest BCUT2D eigenvalue weighted by Gasteiger charge is -2.45. The molecule has 1 aromatic rings. The number of hydrogen-bond acceptors (Lipinski definition) is 7. The summed E-state index contributed by atoms with van der Waals surface area (Å²) < 4.78 is 16.2. The fourth-order valence-electron chi connectivity index (χ4n) is 5.49. The van der Waals surface area contributed by atoms with Crippen LogP contribution in [0.2, 0.25) is 0 Å². The molecule has 1 saturated carbocycles. The molecule has 0 amide bonds. The number of Topliss-reactive ketones (excluding diaryl/α,β-unsaturated/α-hetero) is 2. The molecule has 0 bridgehead atoms. The molecule has 0 saturated heterocycles. The zero-order chi connectivity index (χ0) is 25.4. The summed E-state index contributed by atoms with van der Waals surface area (Å²) in [6, 6.07) is 4.73. The topological polar surface area (TPSA) is 96.0 Å². The summed E-state index contributed by atoms with van der Waals surface area (Å²) in [5.41, 5.74) is -1.48. The predicted molar refractivity (Wildman–Crippen MR) is 126 cm³/mol. The number of carbonyl (C=O) groups excluding carboxylic acids is 4. The van der Waals surface area contributed by atoms with Crippen molar-refractivity contribution in [3.63, 3.8) is 0 Å². The molecule has 0 radical (unpaired) electrons. The lowest BCUT2D eigenvalue weighted by Crippen LogP contribution is -2.58. The molecule has 5 atom stereocenters. The minimum atomic E-state index is -1.63. The van der Waals surface area contributed by atoms with Crippen molar-refractivity contribution in [1.82, 2.24) is 0 Å². The Labute approximate surface area is 200 Å². The number of methoxy groups -OCH3 is 1.